The number of aryl methyl sites for hydroxylation is 1. The van der Waals surface area contributed by atoms with E-state index in [1.165, 1.54) is 4.90 Å². The molecular weight excluding hydrogens is 432 g/mol. The first-order valence-electron chi connectivity index (χ1n) is 10.0. The number of aromatic nitrogens is 8. The van der Waals surface area contributed by atoms with Gasteiger partial charge in [0, 0.05) is 32.0 Å². The van der Waals surface area contributed by atoms with E-state index in [1.54, 1.807) is 26.1 Å². The summed E-state index contributed by atoms with van der Waals surface area (Å²) in [6.45, 7) is 4.13. The predicted molar refractivity (Wildman–Crippen MR) is 111 cm³/mol. The van der Waals surface area contributed by atoms with E-state index in [2.05, 4.69) is 35.7 Å². The van der Waals surface area contributed by atoms with Crippen LogP contribution in [0.2, 0.25) is 0 Å². The topological polar surface area (TPSA) is 177 Å². The minimum absolute atomic E-state index is 0.0137. The number of nitrogens with zero attached hydrogens (tertiary/aromatic N) is 9. The van der Waals surface area contributed by atoms with Gasteiger partial charge in [-0.3, -0.25) is 4.79 Å². The molecule has 14 nitrogen and oxygen atoms in total. The summed E-state index contributed by atoms with van der Waals surface area (Å²) in [4.78, 5) is 23.6. The normalized spacial score (nSPS) is 12.0. The first-order chi connectivity index (χ1) is 15.9. The predicted octanol–water partition coefficient (Wildman–Crippen LogP) is 0.838. The van der Waals surface area contributed by atoms with Gasteiger partial charge in [0.2, 0.25) is 17.6 Å². The summed E-state index contributed by atoms with van der Waals surface area (Å²) in [6, 6.07) is 7.19. The van der Waals surface area contributed by atoms with E-state index in [1.807, 2.05) is 19.1 Å². The third-order valence-electron chi connectivity index (χ3n) is 4.64. The first kappa shape index (κ1) is 21.9. The highest BCUT2D eigenvalue weighted by molar-refractivity contribution is 5.75. The van der Waals surface area contributed by atoms with E-state index in [-0.39, 0.29) is 30.9 Å². The van der Waals surface area contributed by atoms with Crippen LogP contribution in [0.15, 0.2) is 33.3 Å². The number of likely N-dealkylation sites (N-methyl/N-ethyl adjacent to an activating group) is 1. The molecule has 0 radical (unpaired) electrons. The fourth-order valence-corrected chi connectivity index (χ4v) is 2.95. The number of hydrogen-bond donors (Lipinski definition) is 1. The van der Waals surface area contributed by atoms with Crippen molar-refractivity contribution in [1.29, 1.82) is 0 Å². The van der Waals surface area contributed by atoms with Crippen LogP contribution in [0, 0.1) is 6.92 Å². The van der Waals surface area contributed by atoms with Crippen LogP contribution < -0.4 is 10.5 Å². The zero-order chi connectivity index (χ0) is 23.4. The number of anilines is 1. The quantitative estimate of drug-likeness (QED) is 0.377. The van der Waals surface area contributed by atoms with Gasteiger partial charge in [0.1, 0.15) is 12.3 Å². The Morgan fingerprint density at radius 1 is 1.21 bits per heavy atom. The van der Waals surface area contributed by atoms with Crippen molar-refractivity contribution >= 4 is 11.9 Å². The number of carbonyl (C=O) groups excluding carboxylic acids is 1. The maximum atomic E-state index is 12.4. The van der Waals surface area contributed by atoms with Crippen LogP contribution in [0.1, 0.15) is 30.4 Å². The molecular formula is C19H22N10O4. The number of tetrazole rings is 1. The van der Waals surface area contributed by atoms with E-state index in [0.29, 0.717) is 35.7 Å². The largest absolute Gasteiger partial charge is 0.485 e. The highest BCUT2D eigenvalue weighted by Gasteiger charge is 2.20. The van der Waals surface area contributed by atoms with Crippen LogP contribution >= 0.6 is 0 Å². The Labute approximate surface area is 187 Å². The summed E-state index contributed by atoms with van der Waals surface area (Å²) in [6.07, 6.45) is 0. The van der Waals surface area contributed by atoms with Crippen molar-refractivity contribution in [2.24, 2.45) is 0 Å². The lowest BCUT2D eigenvalue weighted by atomic mass is 10.1. The molecule has 0 bridgehead atoms. The van der Waals surface area contributed by atoms with Gasteiger partial charge in [-0.2, -0.15) is 14.8 Å². The maximum Gasteiger partial charge on any atom is 0.260 e. The maximum absolute atomic E-state index is 12.4. The standard InChI is InChI=1S/C19H22N10O4/c1-11(8-28(3)16(30)9-29-24-19(20)23-27-29)17-22-18(33-26-17)13-4-6-14(7-5-13)31-10-15-21-12(2)32-25-15/h4-7,11H,8-10H2,1-3H3,(H2,20,24). The molecule has 3 aromatic heterocycles. The molecule has 2 N–H and O–H groups in total. The van der Waals surface area contributed by atoms with Crippen molar-refractivity contribution in [3.05, 3.63) is 41.8 Å². The number of amides is 1. The lowest BCUT2D eigenvalue weighted by Crippen LogP contribution is -2.34. The van der Waals surface area contributed by atoms with Gasteiger partial charge in [-0.1, -0.05) is 22.3 Å². The number of ether oxygens (including phenoxy) is 1. The van der Waals surface area contributed by atoms with Crippen LogP contribution in [0.3, 0.4) is 0 Å². The van der Waals surface area contributed by atoms with Crippen molar-refractivity contribution in [2.45, 2.75) is 32.9 Å². The Morgan fingerprint density at radius 3 is 2.67 bits per heavy atom. The van der Waals surface area contributed by atoms with Crippen molar-refractivity contribution in [3.8, 4) is 17.2 Å². The third kappa shape index (κ3) is 5.47. The molecule has 0 aliphatic carbocycles. The van der Waals surface area contributed by atoms with Gasteiger partial charge in [0.15, 0.2) is 12.4 Å². The SMILES string of the molecule is Cc1nc(COc2ccc(-c3nc(C(C)CN(C)C(=O)Cn4nnc(N)n4)no3)cc2)no1. The van der Waals surface area contributed by atoms with Crippen LogP contribution in [-0.4, -0.2) is 64.9 Å². The summed E-state index contributed by atoms with van der Waals surface area (Å²) >= 11 is 0. The second kappa shape index (κ2) is 9.42. The summed E-state index contributed by atoms with van der Waals surface area (Å²) in [5.74, 6) is 2.10. The Bertz CT molecular complexity index is 1220. The van der Waals surface area contributed by atoms with Gasteiger partial charge >= 0.3 is 0 Å². The lowest BCUT2D eigenvalue weighted by molar-refractivity contribution is -0.131. The Hall–Kier alpha value is -4.36. The van der Waals surface area contributed by atoms with Gasteiger partial charge < -0.3 is 24.4 Å². The number of carbonyl (C=O) groups is 1. The molecule has 0 saturated carbocycles. The molecule has 1 unspecified atom stereocenters. The molecule has 0 spiro atoms. The van der Waals surface area contributed by atoms with Crippen molar-refractivity contribution in [2.75, 3.05) is 19.3 Å². The molecule has 1 aromatic carbocycles. The van der Waals surface area contributed by atoms with Gasteiger partial charge in [0.25, 0.3) is 11.8 Å². The van der Waals surface area contributed by atoms with E-state index >= 15 is 0 Å². The van der Waals surface area contributed by atoms with Crippen LogP contribution in [-0.2, 0) is 17.9 Å². The average Bonchev–Trinajstić information content (AvgIpc) is 3.54. The monoisotopic (exact) mass is 454 g/mol. The van der Waals surface area contributed by atoms with Crippen molar-refractivity contribution < 1.29 is 18.6 Å². The summed E-state index contributed by atoms with van der Waals surface area (Å²) in [5, 5.41) is 18.9. The average molecular weight is 454 g/mol. The zero-order valence-electron chi connectivity index (χ0n) is 18.2. The van der Waals surface area contributed by atoms with Crippen molar-refractivity contribution in [1.82, 2.24) is 45.4 Å². The molecule has 3 heterocycles. The minimum Gasteiger partial charge on any atom is -0.485 e. The summed E-state index contributed by atoms with van der Waals surface area (Å²) < 4.78 is 16.0. The molecule has 0 saturated heterocycles. The Morgan fingerprint density at radius 2 is 2.00 bits per heavy atom. The number of rotatable bonds is 9. The first-order valence-corrected chi connectivity index (χ1v) is 10.0. The van der Waals surface area contributed by atoms with Gasteiger partial charge in [-0.15, -0.1) is 5.10 Å². The number of nitrogens with two attached hydrogens (primary N) is 1. The van der Waals surface area contributed by atoms with E-state index in [4.69, 9.17) is 19.5 Å². The molecule has 1 atom stereocenters. The molecule has 0 fully saturated rings. The number of benzene rings is 1. The molecule has 172 valence electrons. The van der Waals surface area contributed by atoms with Gasteiger partial charge in [0.05, 0.1) is 0 Å². The smallest absolute Gasteiger partial charge is 0.260 e. The molecule has 4 rings (SSSR count). The second-order valence-corrected chi connectivity index (χ2v) is 7.35. The van der Waals surface area contributed by atoms with Gasteiger partial charge in [-0.05, 0) is 29.5 Å². The fraction of sp³-hybridized carbons (Fsp3) is 0.368. The fourth-order valence-electron chi connectivity index (χ4n) is 2.95. The summed E-state index contributed by atoms with van der Waals surface area (Å²) in [7, 11) is 1.68. The number of nitrogen functional groups attached to an aromatic ring is 1. The highest BCUT2D eigenvalue weighted by Crippen LogP contribution is 2.23. The molecule has 0 aliphatic rings. The highest BCUT2D eigenvalue weighted by atomic mass is 16.5. The number of hydrogen-bond acceptors (Lipinski definition) is 12. The van der Waals surface area contributed by atoms with E-state index < -0.39 is 0 Å². The van der Waals surface area contributed by atoms with Crippen LogP contribution in [0.5, 0.6) is 5.75 Å². The second-order valence-electron chi connectivity index (χ2n) is 7.35. The Balaban J connectivity index is 1.32. The van der Waals surface area contributed by atoms with Gasteiger partial charge in [-0.25, -0.2) is 0 Å². The minimum atomic E-state index is -0.200. The summed E-state index contributed by atoms with van der Waals surface area (Å²) in [5.41, 5.74) is 6.15. The van der Waals surface area contributed by atoms with Crippen LogP contribution in [0.4, 0.5) is 5.95 Å². The molecule has 33 heavy (non-hydrogen) atoms. The van der Waals surface area contributed by atoms with E-state index in [9.17, 15) is 4.79 Å². The van der Waals surface area contributed by atoms with Crippen LogP contribution in [0.25, 0.3) is 11.5 Å². The molecule has 0 aliphatic heterocycles. The molecule has 14 heteroatoms. The Kier molecular flexibility index (Phi) is 6.24. The van der Waals surface area contributed by atoms with Crippen molar-refractivity contribution in [3.63, 3.8) is 0 Å². The zero-order valence-corrected chi connectivity index (χ0v) is 18.2. The third-order valence-corrected chi connectivity index (χ3v) is 4.64. The lowest BCUT2D eigenvalue weighted by Gasteiger charge is -2.19. The molecule has 4 aromatic rings. The molecule has 1 amide bonds. The van der Waals surface area contributed by atoms with E-state index in [0.717, 1.165) is 10.4 Å².